The number of nitrogens with one attached hydrogen (secondary N) is 2. The van der Waals surface area contributed by atoms with Crippen molar-refractivity contribution in [2.75, 3.05) is 19.7 Å². The summed E-state index contributed by atoms with van der Waals surface area (Å²) >= 11 is 0. The van der Waals surface area contributed by atoms with E-state index < -0.39 is 0 Å². The number of Topliss-reactive ketones (excluding diaryl/α,β-unsaturated/α-hetero) is 1. The van der Waals surface area contributed by atoms with Crippen LogP contribution in [0.2, 0.25) is 0 Å². The van der Waals surface area contributed by atoms with Gasteiger partial charge in [-0.1, -0.05) is 24.3 Å². The lowest BCUT2D eigenvalue weighted by Gasteiger charge is -2.44. The SMILES string of the molecule is CCO[C@H]1[C@H](NC(=O)c2cccnc2)c2ccccc2C12CCN(C(=O)c1cc(C(C)=O)n[nH]1)CC2. The Morgan fingerprint density at radius 3 is 2.61 bits per heavy atom. The van der Waals surface area contributed by atoms with Crippen LogP contribution in [0, 0.1) is 0 Å². The maximum atomic E-state index is 13.1. The number of fused-ring (bicyclic) bond motifs is 2. The fourth-order valence-electron chi connectivity index (χ4n) is 5.61. The van der Waals surface area contributed by atoms with Gasteiger partial charge in [0, 0.05) is 44.4 Å². The second-order valence-electron chi connectivity index (χ2n) is 9.33. The van der Waals surface area contributed by atoms with Crippen LogP contribution in [0.1, 0.15) is 75.2 Å². The quantitative estimate of drug-likeness (QED) is 0.516. The lowest BCUT2D eigenvalue weighted by Crippen LogP contribution is -2.52. The van der Waals surface area contributed by atoms with Gasteiger partial charge >= 0.3 is 0 Å². The molecule has 1 saturated heterocycles. The molecule has 0 unspecified atom stereocenters. The Morgan fingerprint density at radius 1 is 1.17 bits per heavy atom. The number of H-pyrrole nitrogens is 1. The molecule has 0 radical (unpaired) electrons. The topological polar surface area (TPSA) is 117 Å². The number of ether oxygens (including phenoxy) is 1. The Morgan fingerprint density at radius 2 is 1.94 bits per heavy atom. The van der Waals surface area contributed by atoms with Gasteiger partial charge in [0.15, 0.2) is 5.78 Å². The van der Waals surface area contributed by atoms with Crippen LogP contribution in [0.3, 0.4) is 0 Å². The zero-order chi connectivity index (χ0) is 25.3. The Bertz CT molecular complexity index is 1280. The van der Waals surface area contributed by atoms with Crippen LogP contribution in [-0.2, 0) is 10.2 Å². The van der Waals surface area contributed by atoms with Crippen LogP contribution in [-0.4, -0.2) is 63.5 Å². The Kier molecular flexibility index (Phi) is 6.40. The number of hydrogen-bond acceptors (Lipinski definition) is 6. The highest BCUT2D eigenvalue weighted by molar-refractivity contribution is 5.97. The third-order valence-corrected chi connectivity index (χ3v) is 7.35. The molecule has 2 aromatic heterocycles. The highest BCUT2D eigenvalue weighted by atomic mass is 16.5. The average Bonchev–Trinajstić information content (AvgIpc) is 3.49. The van der Waals surface area contributed by atoms with Crippen molar-refractivity contribution in [3.63, 3.8) is 0 Å². The molecule has 2 aliphatic rings. The summed E-state index contributed by atoms with van der Waals surface area (Å²) in [5.74, 6) is -0.562. The van der Waals surface area contributed by atoms with E-state index in [1.807, 2.05) is 19.1 Å². The van der Waals surface area contributed by atoms with Crippen LogP contribution >= 0.6 is 0 Å². The smallest absolute Gasteiger partial charge is 0.271 e. The number of likely N-dealkylation sites (tertiary alicyclic amines) is 1. The monoisotopic (exact) mass is 487 g/mol. The van der Waals surface area contributed by atoms with Crippen molar-refractivity contribution in [1.29, 1.82) is 0 Å². The van der Waals surface area contributed by atoms with E-state index in [-0.39, 0.29) is 40.9 Å². The zero-order valence-electron chi connectivity index (χ0n) is 20.4. The highest BCUT2D eigenvalue weighted by Gasteiger charge is 2.54. The van der Waals surface area contributed by atoms with E-state index >= 15 is 0 Å². The summed E-state index contributed by atoms with van der Waals surface area (Å²) in [5, 5.41) is 9.84. The van der Waals surface area contributed by atoms with Gasteiger partial charge in [-0.25, -0.2) is 0 Å². The molecule has 1 aliphatic heterocycles. The van der Waals surface area contributed by atoms with E-state index in [4.69, 9.17) is 4.74 Å². The van der Waals surface area contributed by atoms with Gasteiger partial charge in [0.25, 0.3) is 11.8 Å². The van der Waals surface area contributed by atoms with Crippen molar-refractivity contribution in [1.82, 2.24) is 25.4 Å². The normalized spacial score (nSPS) is 20.2. The molecule has 1 fully saturated rings. The van der Waals surface area contributed by atoms with Crippen molar-refractivity contribution in [3.8, 4) is 0 Å². The van der Waals surface area contributed by atoms with E-state index in [1.54, 1.807) is 29.4 Å². The molecule has 186 valence electrons. The maximum absolute atomic E-state index is 13.1. The minimum absolute atomic E-state index is 0.175. The minimum Gasteiger partial charge on any atom is -0.375 e. The molecule has 2 atom stereocenters. The zero-order valence-corrected chi connectivity index (χ0v) is 20.4. The number of carbonyl (C=O) groups excluding carboxylic acids is 3. The van der Waals surface area contributed by atoms with Crippen molar-refractivity contribution in [2.45, 2.75) is 44.2 Å². The fraction of sp³-hybridized carbons (Fsp3) is 0.370. The van der Waals surface area contributed by atoms with E-state index in [2.05, 4.69) is 32.6 Å². The molecule has 3 heterocycles. The molecule has 36 heavy (non-hydrogen) atoms. The maximum Gasteiger partial charge on any atom is 0.271 e. The van der Waals surface area contributed by atoms with Gasteiger partial charge in [0.05, 0.1) is 17.7 Å². The molecule has 3 aromatic rings. The van der Waals surface area contributed by atoms with Crippen molar-refractivity contribution in [2.24, 2.45) is 0 Å². The number of amides is 2. The van der Waals surface area contributed by atoms with Crippen LogP contribution in [0.25, 0.3) is 0 Å². The van der Waals surface area contributed by atoms with Gasteiger partial charge in [-0.15, -0.1) is 0 Å². The van der Waals surface area contributed by atoms with Crippen molar-refractivity contribution in [3.05, 3.63) is 82.9 Å². The third-order valence-electron chi connectivity index (χ3n) is 7.35. The Labute approximate surface area is 209 Å². The fourth-order valence-corrected chi connectivity index (χ4v) is 5.61. The molecule has 2 N–H and O–H groups in total. The van der Waals surface area contributed by atoms with E-state index in [0.717, 1.165) is 11.1 Å². The third kappa shape index (κ3) is 4.09. The number of ketones is 1. The first-order valence-corrected chi connectivity index (χ1v) is 12.2. The summed E-state index contributed by atoms with van der Waals surface area (Å²) in [4.78, 5) is 43.6. The average molecular weight is 488 g/mol. The van der Waals surface area contributed by atoms with Crippen LogP contribution in [0.5, 0.6) is 0 Å². The minimum atomic E-state index is -0.338. The number of benzene rings is 1. The summed E-state index contributed by atoms with van der Waals surface area (Å²) in [5.41, 5.74) is 2.93. The lowest BCUT2D eigenvalue weighted by molar-refractivity contribution is -0.0306. The molecular weight excluding hydrogens is 458 g/mol. The number of aromatic nitrogens is 3. The van der Waals surface area contributed by atoms with Gasteiger partial charge in [-0.05, 0) is 49.1 Å². The number of carbonyl (C=O) groups is 3. The molecule has 1 aromatic carbocycles. The predicted molar refractivity (Wildman–Crippen MR) is 132 cm³/mol. The second-order valence-corrected chi connectivity index (χ2v) is 9.33. The standard InChI is InChI=1S/C27H29N5O4/c1-3-36-24-23(29-25(34)18-7-6-12-28-16-18)19-8-4-5-9-20(19)27(24)10-13-32(14-11-27)26(35)22-15-21(17(2)33)30-31-22/h4-9,12,15-16,23-24H,3,10-11,13-14H2,1-2H3,(H,29,34)(H,30,31)/t23-,24+/m1/s1. The molecule has 0 saturated carbocycles. The Hall–Kier alpha value is -3.85. The summed E-state index contributed by atoms with van der Waals surface area (Å²) in [7, 11) is 0. The lowest BCUT2D eigenvalue weighted by atomic mass is 9.71. The first-order chi connectivity index (χ1) is 17.4. The first kappa shape index (κ1) is 23.9. The van der Waals surface area contributed by atoms with Gasteiger partial charge in [-0.3, -0.25) is 24.5 Å². The summed E-state index contributed by atoms with van der Waals surface area (Å²) < 4.78 is 6.35. The molecule has 0 bridgehead atoms. The first-order valence-electron chi connectivity index (χ1n) is 12.2. The predicted octanol–water partition coefficient (Wildman–Crippen LogP) is 3.07. The number of aromatic amines is 1. The van der Waals surface area contributed by atoms with Crippen molar-refractivity contribution >= 4 is 17.6 Å². The highest BCUT2D eigenvalue weighted by Crippen LogP contribution is 2.52. The van der Waals surface area contributed by atoms with Crippen LogP contribution < -0.4 is 5.32 Å². The molecule has 1 aliphatic carbocycles. The number of rotatable bonds is 6. The number of piperidine rings is 1. The van der Waals surface area contributed by atoms with E-state index in [0.29, 0.717) is 43.8 Å². The largest absolute Gasteiger partial charge is 0.375 e. The van der Waals surface area contributed by atoms with E-state index in [1.165, 1.54) is 13.0 Å². The van der Waals surface area contributed by atoms with E-state index in [9.17, 15) is 14.4 Å². The number of pyridine rings is 1. The molecule has 9 nitrogen and oxygen atoms in total. The summed E-state index contributed by atoms with van der Waals surface area (Å²) in [6.45, 7) is 4.93. The van der Waals surface area contributed by atoms with Crippen LogP contribution in [0.15, 0.2) is 54.9 Å². The summed E-state index contributed by atoms with van der Waals surface area (Å²) in [6, 6.07) is 12.8. The molecular formula is C27H29N5O4. The van der Waals surface area contributed by atoms with Gasteiger partial charge < -0.3 is 15.0 Å². The second kappa shape index (κ2) is 9.66. The molecule has 5 rings (SSSR count). The number of hydrogen-bond donors (Lipinski definition) is 2. The number of nitrogens with zero attached hydrogens (tertiary/aromatic N) is 3. The van der Waals surface area contributed by atoms with Crippen molar-refractivity contribution < 1.29 is 19.1 Å². The molecule has 2 amide bonds. The van der Waals surface area contributed by atoms with Gasteiger partial charge in [0.1, 0.15) is 11.4 Å². The summed E-state index contributed by atoms with van der Waals surface area (Å²) in [6.07, 6.45) is 4.30. The van der Waals surface area contributed by atoms with Crippen LogP contribution in [0.4, 0.5) is 0 Å². The van der Waals surface area contributed by atoms with Gasteiger partial charge in [0.2, 0.25) is 0 Å². The molecule has 9 heteroatoms. The molecule has 1 spiro atoms. The Balaban J connectivity index is 1.40. The van der Waals surface area contributed by atoms with Gasteiger partial charge in [-0.2, -0.15) is 5.10 Å².